The fraction of sp³-hybridized carbons (Fsp3) is 0.333. The van der Waals surface area contributed by atoms with E-state index >= 15 is 0 Å². The molecule has 142 valence electrons. The number of benzene rings is 1. The number of nitrogens with zero attached hydrogens (tertiary/aromatic N) is 4. The number of thioether (sulfide) groups is 1. The largest absolute Gasteiger partial charge is 0.381 e. The van der Waals surface area contributed by atoms with Gasteiger partial charge in [-0.2, -0.15) is 0 Å². The minimum Gasteiger partial charge on any atom is -0.381 e. The zero-order valence-electron chi connectivity index (χ0n) is 15.2. The quantitative estimate of drug-likeness (QED) is 0.364. The Hall–Kier alpha value is -2.52. The zero-order chi connectivity index (χ0) is 19.6. The summed E-state index contributed by atoms with van der Waals surface area (Å²) in [7, 11) is 2.93. The van der Waals surface area contributed by atoms with E-state index < -0.39 is 17.1 Å². The van der Waals surface area contributed by atoms with Gasteiger partial charge in [-0.05, 0) is 19.1 Å². The van der Waals surface area contributed by atoms with Crippen LogP contribution in [0.15, 0.2) is 38.9 Å². The van der Waals surface area contributed by atoms with E-state index in [1.807, 2.05) is 6.92 Å². The minimum absolute atomic E-state index is 0.128. The molecule has 0 aliphatic rings. The Balaban J connectivity index is 2.27. The third-order valence-electron chi connectivity index (χ3n) is 4.05. The fourth-order valence-corrected chi connectivity index (χ4v) is 3.51. The van der Waals surface area contributed by atoms with Gasteiger partial charge in [0.05, 0.1) is 12.2 Å². The van der Waals surface area contributed by atoms with E-state index in [0.29, 0.717) is 24.0 Å². The summed E-state index contributed by atoms with van der Waals surface area (Å²) in [5, 5.41) is 0.635. The van der Waals surface area contributed by atoms with Crippen molar-refractivity contribution in [2.24, 2.45) is 14.1 Å². The summed E-state index contributed by atoms with van der Waals surface area (Å²) in [6.45, 7) is 2.96. The van der Waals surface area contributed by atoms with Gasteiger partial charge in [0.15, 0.2) is 11.5 Å². The van der Waals surface area contributed by atoms with E-state index in [2.05, 4.69) is 9.97 Å². The number of halogens is 1. The van der Waals surface area contributed by atoms with E-state index in [-0.39, 0.29) is 22.4 Å². The second-order valence-electron chi connectivity index (χ2n) is 5.78. The average Bonchev–Trinajstić information content (AvgIpc) is 2.67. The molecule has 7 nitrogen and oxygen atoms in total. The van der Waals surface area contributed by atoms with Crippen molar-refractivity contribution in [3.8, 4) is 11.4 Å². The lowest BCUT2D eigenvalue weighted by Crippen LogP contribution is -2.37. The van der Waals surface area contributed by atoms with Gasteiger partial charge in [0.2, 0.25) is 0 Å². The van der Waals surface area contributed by atoms with Crippen molar-refractivity contribution in [2.75, 3.05) is 19.0 Å². The Morgan fingerprint density at radius 2 is 1.89 bits per heavy atom. The Labute approximate surface area is 158 Å². The van der Waals surface area contributed by atoms with Crippen molar-refractivity contribution in [1.82, 2.24) is 19.1 Å². The summed E-state index contributed by atoms with van der Waals surface area (Å²) < 4.78 is 21.9. The molecular weight excluding hydrogens is 371 g/mol. The van der Waals surface area contributed by atoms with Gasteiger partial charge in [-0.15, -0.1) is 11.8 Å². The summed E-state index contributed by atoms with van der Waals surface area (Å²) in [6.07, 6.45) is 0. The molecule has 0 saturated heterocycles. The molecule has 2 aromatic heterocycles. The molecule has 0 spiro atoms. The number of aromatic nitrogens is 4. The van der Waals surface area contributed by atoms with E-state index in [0.717, 1.165) is 4.57 Å². The van der Waals surface area contributed by atoms with Gasteiger partial charge in [-0.3, -0.25) is 13.9 Å². The first-order valence-corrected chi connectivity index (χ1v) is 9.37. The molecule has 2 heterocycles. The highest BCUT2D eigenvalue weighted by molar-refractivity contribution is 7.99. The van der Waals surface area contributed by atoms with Crippen molar-refractivity contribution >= 4 is 22.8 Å². The van der Waals surface area contributed by atoms with Gasteiger partial charge in [0, 0.05) is 26.5 Å². The number of hydrogen-bond acceptors (Lipinski definition) is 6. The van der Waals surface area contributed by atoms with Crippen LogP contribution in [0.4, 0.5) is 4.39 Å². The van der Waals surface area contributed by atoms with Crippen LogP contribution in [0.5, 0.6) is 0 Å². The van der Waals surface area contributed by atoms with Crippen molar-refractivity contribution in [1.29, 1.82) is 0 Å². The third kappa shape index (κ3) is 3.65. The van der Waals surface area contributed by atoms with Gasteiger partial charge < -0.3 is 4.74 Å². The first-order chi connectivity index (χ1) is 13.0. The standard InChI is InChI=1S/C18H19FN4O3S/c1-4-26-9-10-27-16-13-15(22(2)18(25)23(3)17(13)24)20-14(21-16)11-7-5-6-8-12(11)19/h5-8H,4,9-10H2,1-3H3. The maximum Gasteiger partial charge on any atom is 0.332 e. The normalized spacial score (nSPS) is 11.3. The molecule has 0 bridgehead atoms. The van der Waals surface area contributed by atoms with Crippen molar-refractivity contribution in [3.63, 3.8) is 0 Å². The molecule has 27 heavy (non-hydrogen) atoms. The van der Waals surface area contributed by atoms with E-state index in [1.165, 1.54) is 36.5 Å². The van der Waals surface area contributed by atoms with Crippen LogP contribution in [0.1, 0.15) is 6.92 Å². The van der Waals surface area contributed by atoms with Crippen molar-refractivity contribution < 1.29 is 9.13 Å². The molecule has 3 aromatic rings. The fourth-order valence-electron chi connectivity index (χ4n) is 2.64. The Bertz CT molecular complexity index is 1110. The summed E-state index contributed by atoms with van der Waals surface area (Å²) in [5.74, 6) is 0.210. The molecule has 0 saturated carbocycles. The van der Waals surface area contributed by atoms with Crippen LogP contribution in [0.2, 0.25) is 0 Å². The molecule has 0 amide bonds. The van der Waals surface area contributed by atoms with Gasteiger partial charge in [-0.25, -0.2) is 19.2 Å². The predicted molar refractivity (Wildman–Crippen MR) is 103 cm³/mol. The van der Waals surface area contributed by atoms with Crippen LogP contribution in [0.25, 0.3) is 22.4 Å². The first kappa shape index (κ1) is 19.2. The number of fused-ring (bicyclic) bond motifs is 1. The number of ether oxygens (including phenoxy) is 1. The Kier molecular flexibility index (Phi) is 5.71. The lowest BCUT2D eigenvalue weighted by Gasteiger charge is -2.12. The van der Waals surface area contributed by atoms with Gasteiger partial charge in [-0.1, -0.05) is 12.1 Å². The second-order valence-corrected chi connectivity index (χ2v) is 6.87. The number of aryl methyl sites for hydroxylation is 1. The molecule has 9 heteroatoms. The lowest BCUT2D eigenvalue weighted by molar-refractivity contribution is 0.164. The Morgan fingerprint density at radius 1 is 1.15 bits per heavy atom. The van der Waals surface area contributed by atoms with Crippen molar-refractivity contribution in [3.05, 3.63) is 50.9 Å². The highest BCUT2D eigenvalue weighted by Gasteiger charge is 2.19. The molecule has 0 atom stereocenters. The summed E-state index contributed by atoms with van der Waals surface area (Å²) >= 11 is 1.31. The molecule has 3 rings (SSSR count). The van der Waals surface area contributed by atoms with Crippen LogP contribution in [0, 0.1) is 5.82 Å². The second kappa shape index (κ2) is 8.01. The summed E-state index contributed by atoms with van der Waals surface area (Å²) in [6, 6.07) is 6.12. The monoisotopic (exact) mass is 390 g/mol. The van der Waals surface area contributed by atoms with Crippen molar-refractivity contribution in [2.45, 2.75) is 11.9 Å². The first-order valence-electron chi connectivity index (χ1n) is 8.39. The van der Waals surface area contributed by atoms with Crippen LogP contribution in [-0.2, 0) is 18.8 Å². The molecule has 0 fully saturated rings. The van der Waals surface area contributed by atoms with E-state index in [9.17, 15) is 14.0 Å². The van der Waals surface area contributed by atoms with Gasteiger partial charge >= 0.3 is 5.69 Å². The number of hydrogen-bond donors (Lipinski definition) is 0. The molecule has 0 unspecified atom stereocenters. The molecule has 0 radical (unpaired) electrons. The van der Waals surface area contributed by atoms with Gasteiger partial charge in [0.1, 0.15) is 16.2 Å². The SMILES string of the molecule is CCOCCSc1nc(-c2ccccc2F)nc2c1c(=O)n(C)c(=O)n2C. The summed E-state index contributed by atoms with van der Waals surface area (Å²) in [5.41, 5.74) is -0.600. The average molecular weight is 390 g/mol. The van der Waals surface area contributed by atoms with Crippen LogP contribution < -0.4 is 11.2 Å². The molecule has 0 aliphatic carbocycles. The maximum atomic E-state index is 14.2. The maximum absolute atomic E-state index is 14.2. The molecule has 1 aromatic carbocycles. The van der Waals surface area contributed by atoms with Crippen LogP contribution in [0.3, 0.4) is 0 Å². The topological polar surface area (TPSA) is 79.0 Å². The molecular formula is C18H19FN4O3S. The highest BCUT2D eigenvalue weighted by atomic mass is 32.2. The molecule has 0 aliphatic heterocycles. The van der Waals surface area contributed by atoms with E-state index in [4.69, 9.17) is 4.74 Å². The lowest BCUT2D eigenvalue weighted by atomic mass is 10.2. The highest BCUT2D eigenvalue weighted by Crippen LogP contribution is 2.27. The minimum atomic E-state index is -0.504. The van der Waals surface area contributed by atoms with Crippen LogP contribution in [-0.4, -0.2) is 38.1 Å². The third-order valence-corrected chi connectivity index (χ3v) is 4.99. The predicted octanol–water partition coefficient (Wildman–Crippen LogP) is 1.96. The molecule has 0 N–H and O–H groups in total. The number of rotatable bonds is 6. The smallest absolute Gasteiger partial charge is 0.332 e. The zero-order valence-corrected chi connectivity index (χ0v) is 16.0. The van der Waals surface area contributed by atoms with Crippen LogP contribution >= 0.6 is 11.8 Å². The van der Waals surface area contributed by atoms with Gasteiger partial charge in [0.25, 0.3) is 5.56 Å². The Morgan fingerprint density at radius 3 is 2.59 bits per heavy atom. The van der Waals surface area contributed by atoms with E-state index in [1.54, 1.807) is 18.2 Å². The summed E-state index contributed by atoms with van der Waals surface area (Å²) in [4.78, 5) is 33.7.